The van der Waals surface area contributed by atoms with Crippen LogP contribution in [0.2, 0.25) is 0 Å². The maximum atomic E-state index is 13.6. The number of pyridine rings is 1. The summed E-state index contributed by atoms with van der Waals surface area (Å²) in [6, 6.07) is 4.86. The maximum Gasteiger partial charge on any atom is 0.340 e. The fourth-order valence-corrected chi connectivity index (χ4v) is 3.04. The van der Waals surface area contributed by atoms with Gasteiger partial charge in [0.1, 0.15) is 12.2 Å². The number of aryl methyl sites for hydroxylation is 1. The Morgan fingerprint density at radius 2 is 1.96 bits per heavy atom. The van der Waals surface area contributed by atoms with Crippen LogP contribution in [0.1, 0.15) is 49.7 Å². The van der Waals surface area contributed by atoms with Crippen LogP contribution in [0.25, 0.3) is 5.82 Å². The summed E-state index contributed by atoms with van der Waals surface area (Å²) in [7, 11) is 1.60. The Kier molecular flexibility index (Phi) is 5.21. The van der Waals surface area contributed by atoms with E-state index in [9.17, 15) is 13.6 Å². The van der Waals surface area contributed by atoms with Gasteiger partial charge in [-0.2, -0.15) is 0 Å². The average molecular weight is 411 g/mol. The van der Waals surface area contributed by atoms with Crippen molar-refractivity contribution in [2.45, 2.75) is 51.8 Å². The van der Waals surface area contributed by atoms with Gasteiger partial charge >= 0.3 is 5.97 Å². The molecule has 1 unspecified atom stereocenters. The Morgan fingerprint density at radius 3 is 2.50 bits per heavy atom. The van der Waals surface area contributed by atoms with E-state index in [2.05, 4.69) is 10.1 Å². The monoisotopic (exact) mass is 411 g/mol. The molecule has 9 heteroatoms. The number of carbonyl (C=O) groups is 1. The molecule has 0 aliphatic heterocycles. The Bertz CT molecular complexity index is 883. The molecule has 0 N–H and O–H groups in total. The fraction of sp³-hybridized carbons (Fsp3) is 0.526. The zero-order chi connectivity index (χ0) is 20.7. The third-order valence-electron chi connectivity index (χ3n) is 4.55. The Balaban J connectivity index is 1.70. The molecule has 2 aromatic rings. The molecule has 1 aliphatic rings. The molecule has 28 heavy (non-hydrogen) atoms. The lowest BCUT2D eigenvalue weighted by Gasteiger charge is -2.22. The molecule has 0 spiro atoms. The summed E-state index contributed by atoms with van der Waals surface area (Å²) in [5.74, 6) is 0.287. The number of hydrogen-bond donors (Lipinski definition) is 0. The van der Waals surface area contributed by atoms with Gasteiger partial charge in [-0.05, 0) is 52.7 Å². The molecule has 0 amide bonds. The van der Waals surface area contributed by atoms with Gasteiger partial charge in [0.05, 0.1) is 16.7 Å². The second-order valence-corrected chi connectivity index (χ2v) is 8.82. The van der Waals surface area contributed by atoms with E-state index < -0.39 is 22.6 Å². The lowest BCUT2D eigenvalue weighted by molar-refractivity contribution is -0.00456. The molecule has 1 atom stereocenters. The number of hydrogen-bond acceptors (Lipinski definition) is 5. The van der Waals surface area contributed by atoms with Crippen LogP contribution in [0.5, 0.6) is 5.88 Å². The Labute approximate surface area is 164 Å². The van der Waals surface area contributed by atoms with Crippen molar-refractivity contribution >= 4 is 15.2 Å². The number of aromatic nitrogens is 3. The van der Waals surface area contributed by atoms with Crippen molar-refractivity contribution in [3.05, 3.63) is 35.7 Å². The first-order valence-electron chi connectivity index (χ1n) is 8.97. The van der Waals surface area contributed by atoms with Crippen LogP contribution in [0.15, 0.2) is 24.4 Å². The maximum absolute atomic E-state index is 13.6. The van der Waals surface area contributed by atoms with Gasteiger partial charge in [-0.1, -0.05) is 9.24 Å². The zero-order valence-electron chi connectivity index (χ0n) is 16.3. The first-order valence-corrected chi connectivity index (χ1v) is 9.55. The number of rotatable bonds is 6. The van der Waals surface area contributed by atoms with Crippen molar-refractivity contribution in [1.82, 2.24) is 14.8 Å². The quantitative estimate of drug-likeness (QED) is 0.528. The van der Waals surface area contributed by atoms with E-state index in [1.807, 2.05) is 0 Å². The Morgan fingerprint density at radius 1 is 1.29 bits per heavy atom. The van der Waals surface area contributed by atoms with E-state index in [1.54, 1.807) is 61.3 Å². The van der Waals surface area contributed by atoms with Crippen LogP contribution in [0.3, 0.4) is 0 Å². The minimum Gasteiger partial charge on any atom is -0.476 e. The van der Waals surface area contributed by atoms with Crippen molar-refractivity contribution < 1.29 is 23.0 Å². The topological polar surface area (TPSA) is 66.2 Å². The molecular formula is C19H24F2N3O3P. The first-order chi connectivity index (χ1) is 12.9. The standard InChI is InChI=1S/C19H24F2N3O3P/c1-12-13(16(25)27-17(2,3)4)5-6-14(22-12)24-10-7-15(23-24)26-11-18(8-9-18)19(20,21)28/h5-7,10H,8-9,11,28H2,1-4H3. The third kappa shape index (κ3) is 4.49. The lowest BCUT2D eigenvalue weighted by atomic mass is 10.1. The van der Waals surface area contributed by atoms with Crippen LogP contribution in [-0.4, -0.2) is 38.6 Å². The first kappa shape index (κ1) is 20.6. The van der Waals surface area contributed by atoms with Crippen LogP contribution < -0.4 is 4.74 Å². The molecule has 2 aromatic heterocycles. The van der Waals surface area contributed by atoms with Gasteiger partial charge in [0.15, 0.2) is 5.82 Å². The summed E-state index contributed by atoms with van der Waals surface area (Å²) in [4.78, 5) is 16.6. The molecule has 6 nitrogen and oxygen atoms in total. The molecule has 0 radical (unpaired) electrons. The second-order valence-electron chi connectivity index (χ2n) is 8.09. The van der Waals surface area contributed by atoms with Crippen molar-refractivity contribution in [3.63, 3.8) is 0 Å². The van der Waals surface area contributed by atoms with E-state index in [-0.39, 0.29) is 12.5 Å². The van der Waals surface area contributed by atoms with Crippen molar-refractivity contribution in [2.24, 2.45) is 5.41 Å². The molecule has 152 valence electrons. The van der Waals surface area contributed by atoms with Gasteiger partial charge < -0.3 is 9.47 Å². The van der Waals surface area contributed by atoms with E-state index >= 15 is 0 Å². The lowest BCUT2D eigenvalue weighted by Crippen LogP contribution is -2.29. The molecule has 1 aliphatic carbocycles. The van der Waals surface area contributed by atoms with E-state index in [4.69, 9.17) is 9.47 Å². The smallest absolute Gasteiger partial charge is 0.340 e. The summed E-state index contributed by atoms with van der Waals surface area (Å²) in [5, 5.41) is 4.23. The predicted molar refractivity (Wildman–Crippen MR) is 103 cm³/mol. The summed E-state index contributed by atoms with van der Waals surface area (Å²) in [6.07, 6.45) is 2.48. The van der Waals surface area contributed by atoms with Gasteiger partial charge in [-0.3, -0.25) is 0 Å². The SMILES string of the molecule is Cc1nc(-n2ccc(OCC3(C(F)(F)P)CC3)n2)ccc1C(=O)OC(C)(C)C. The second kappa shape index (κ2) is 7.07. The Hall–Kier alpha value is -2.08. The van der Waals surface area contributed by atoms with Crippen LogP contribution >= 0.6 is 9.24 Å². The summed E-state index contributed by atoms with van der Waals surface area (Å²) >= 11 is 0. The van der Waals surface area contributed by atoms with Crippen molar-refractivity contribution in [3.8, 4) is 11.7 Å². The summed E-state index contributed by atoms with van der Waals surface area (Å²) in [6.45, 7) is 7.01. The van der Waals surface area contributed by atoms with Gasteiger partial charge in [0.2, 0.25) is 5.88 Å². The minimum atomic E-state index is -2.86. The highest BCUT2D eigenvalue weighted by atomic mass is 31.0. The summed E-state index contributed by atoms with van der Waals surface area (Å²) < 4.78 is 39.5. The highest BCUT2D eigenvalue weighted by molar-refractivity contribution is 7.18. The van der Waals surface area contributed by atoms with Gasteiger partial charge in [-0.15, -0.1) is 5.10 Å². The molecule has 1 saturated carbocycles. The normalized spacial score (nSPS) is 16.0. The zero-order valence-corrected chi connectivity index (χ0v) is 17.5. The highest BCUT2D eigenvalue weighted by Crippen LogP contribution is 2.59. The number of alkyl halides is 2. The predicted octanol–water partition coefficient (Wildman–Crippen LogP) is 4.16. The number of halogens is 2. The highest BCUT2D eigenvalue weighted by Gasteiger charge is 2.60. The molecule has 0 saturated heterocycles. The largest absolute Gasteiger partial charge is 0.476 e. The van der Waals surface area contributed by atoms with Gasteiger partial charge in [0.25, 0.3) is 5.66 Å². The van der Waals surface area contributed by atoms with Crippen LogP contribution in [0, 0.1) is 12.3 Å². The molecule has 0 bridgehead atoms. The molecule has 3 rings (SSSR count). The van der Waals surface area contributed by atoms with E-state index in [1.165, 1.54) is 4.68 Å². The van der Waals surface area contributed by atoms with E-state index in [0.29, 0.717) is 29.9 Å². The van der Waals surface area contributed by atoms with Gasteiger partial charge in [-0.25, -0.2) is 23.2 Å². The van der Waals surface area contributed by atoms with Crippen LogP contribution in [0.4, 0.5) is 8.78 Å². The average Bonchev–Trinajstić information content (AvgIpc) is 3.22. The van der Waals surface area contributed by atoms with E-state index in [0.717, 1.165) is 0 Å². The number of carbonyl (C=O) groups excluding carboxylic acids is 1. The van der Waals surface area contributed by atoms with Crippen molar-refractivity contribution in [2.75, 3.05) is 6.61 Å². The van der Waals surface area contributed by atoms with Crippen molar-refractivity contribution in [1.29, 1.82) is 0 Å². The van der Waals surface area contributed by atoms with Crippen LogP contribution in [-0.2, 0) is 4.74 Å². The third-order valence-corrected chi connectivity index (χ3v) is 5.16. The fourth-order valence-electron chi connectivity index (χ4n) is 2.67. The molecule has 2 heterocycles. The number of esters is 1. The minimum absolute atomic E-state index is 0.0927. The molecule has 1 fully saturated rings. The summed E-state index contributed by atoms with van der Waals surface area (Å²) in [5.41, 5.74) is -3.69. The van der Waals surface area contributed by atoms with Gasteiger partial charge in [0, 0.05) is 12.3 Å². The number of nitrogens with zero attached hydrogens (tertiary/aromatic N) is 3. The molecular weight excluding hydrogens is 387 g/mol. The molecule has 0 aromatic carbocycles. The number of ether oxygens (including phenoxy) is 2.